The first-order chi connectivity index (χ1) is 14.3. The maximum absolute atomic E-state index is 11.7. The van der Waals surface area contributed by atoms with Crippen molar-refractivity contribution in [1.82, 2.24) is 0 Å². The number of amides is 1. The van der Waals surface area contributed by atoms with Gasteiger partial charge < -0.3 is 15.2 Å². The maximum atomic E-state index is 11.7. The quantitative estimate of drug-likeness (QED) is 0.294. The van der Waals surface area contributed by atoms with Gasteiger partial charge in [-0.2, -0.15) is 0 Å². The molecule has 2 N–H and O–H groups in total. The molecule has 2 rings (SSSR count). The Labute approximate surface area is 175 Å². The van der Waals surface area contributed by atoms with E-state index in [1.165, 1.54) is 31.2 Å². The zero-order chi connectivity index (χ0) is 22.1. The van der Waals surface area contributed by atoms with Crippen LogP contribution in [-0.2, 0) is 4.79 Å². The van der Waals surface area contributed by atoms with Crippen molar-refractivity contribution in [3.8, 4) is 16.9 Å². The van der Waals surface area contributed by atoms with E-state index in [0.29, 0.717) is 6.61 Å². The first-order valence-electron chi connectivity index (χ1n) is 9.90. The van der Waals surface area contributed by atoms with Gasteiger partial charge in [-0.15, -0.1) is 0 Å². The van der Waals surface area contributed by atoms with Crippen molar-refractivity contribution < 1.29 is 24.4 Å². The fourth-order valence-corrected chi connectivity index (χ4v) is 3.13. The highest BCUT2D eigenvalue weighted by atomic mass is 16.6. The number of carboxylic acids is 1. The smallest absolute Gasteiger partial charge is 0.336 e. The number of carboxylic acid groups (broad SMARTS) is 1. The molecule has 8 nitrogen and oxygen atoms in total. The van der Waals surface area contributed by atoms with Crippen LogP contribution in [0, 0.1) is 10.1 Å². The summed E-state index contributed by atoms with van der Waals surface area (Å²) in [5.74, 6) is -1.38. The van der Waals surface area contributed by atoms with Gasteiger partial charge in [-0.05, 0) is 18.6 Å². The lowest BCUT2D eigenvalue weighted by Crippen LogP contribution is -2.10. The monoisotopic (exact) mass is 414 g/mol. The number of carbonyl (C=O) groups excluding carboxylic acids is 1. The minimum Gasteiger partial charge on any atom is -0.491 e. The number of benzene rings is 2. The van der Waals surface area contributed by atoms with Crippen molar-refractivity contribution in [2.45, 2.75) is 46.0 Å². The second kappa shape index (κ2) is 10.9. The first kappa shape index (κ1) is 22.9. The Balaban J connectivity index is 2.45. The van der Waals surface area contributed by atoms with E-state index >= 15 is 0 Å². The molecule has 8 heteroatoms. The second-order valence-corrected chi connectivity index (χ2v) is 6.92. The van der Waals surface area contributed by atoms with E-state index in [1.54, 1.807) is 12.1 Å². The lowest BCUT2D eigenvalue weighted by atomic mass is 9.97. The lowest BCUT2D eigenvalue weighted by Gasteiger charge is -2.15. The molecule has 1 amide bonds. The van der Waals surface area contributed by atoms with Gasteiger partial charge in [0.1, 0.15) is 5.75 Å². The minimum atomic E-state index is -1.20. The lowest BCUT2D eigenvalue weighted by molar-refractivity contribution is -0.384. The molecule has 2 aromatic rings. The first-order valence-corrected chi connectivity index (χ1v) is 9.90. The predicted molar refractivity (Wildman–Crippen MR) is 114 cm³/mol. The molecule has 0 heterocycles. The largest absolute Gasteiger partial charge is 0.491 e. The number of anilines is 1. The number of hydrogen-bond acceptors (Lipinski definition) is 5. The summed E-state index contributed by atoms with van der Waals surface area (Å²) in [5, 5.41) is 23.8. The normalized spacial score (nSPS) is 10.5. The molecule has 0 saturated carbocycles. The molecule has 0 aliphatic carbocycles. The molecule has 0 bridgehead atoms. The van der Waals surface area contributed by atoms with Gasteiger partial charge in [-0.1, -0.05) is 50.8 Å². The van der Waals surface area contributed by atoms with Crippen molar-refractivity contribution in [3.05, 3.63) is 52.1 Å². The number of aromatic carboxylic acids is 1. The maximum Gasteiger partial charge on any atom is 0.336 e. The Morgan fingerprint density at radius 2 is 1.80 bits per heavy atom. The summed E-state index contributed by atoms with van der Waals surface area (Å²) in [4.78, 5) is 34.4. The highest BCUT2D eigenvalue weighted by molar-refractivity contribution is 5.99. The molecule has 0 atom stereocenters. The number of hydrogen-bond donors (Lipinski definition) is 2. The number of unbranched alkanes of at least 4 members (excludes halogenated alkanes) is 4. The van der Waals surface area contributed by atoms with Crippen LogP contribution in [0.4, 0.5) is 11.4 Å². The van der Waals surface area contributed by atoms with Gasteiger partial charge in [0.25, 0.3) is 5.69 Å². The van der Waals surface area contributed by atoms with Crippen LogP contribution in [0.5, 0.6) is 5.75 Å². The number of ether oxygens (including phenoxy) is 1. The molecule has 0 aliphatic heterocycles. The molecule has 0 saturated heterocycles. The van der Waals surface area contributed by atoms with Crippen LogP contribution in [-0.4, -0.2) is 28.5 Å². The molecule has 160 valence electrons. The van der Waals surface area contributed by atoms with Gasteiger partial charge in [0.2, 0.25) is 5.91 Å². The van der Waals surface area contributed by atoms with Crippen molar-refractivity contribution in [2.75, 3.05) is 11.9 Å². The number of nitro benzene ring substituents is 1. The number of nitrogens with zero attached hydrogens (tertiary/aromatic N) is 1. The molecule has 0 radical (unpaired) electrons. The number of rotatable bonds is 11. The highest BCUT2D eigenvalue weighted by Gasteiger charge is 2.24. The van der Waals surface area contributed by atoms with Gasteiger partial charge in [0.15, 0.2) is 0 Å². The number of nitrogens with one attached hydrogen (secondary N) is 1. The molecule has 0 aliphatic rings. The van der Waals surface area contributed by atoms with Crippen LogP contribution in [0.15, 0.2) is 36.4 Å². The van der Waals surface area contributed by atoms with Crippen LogP contribution < -0.4 is 10.1 Å². The average Bonchev–Trinajstić information content (AvgIpc) is 2.70. The van der Waals surface area contributed by atoms with Gasteiger partial charge in [0.05, 0.1) is 34.4 Å². The van der Waals surface area contributed by atoms with Crippen molar-refractivity contribution >= 4 is 23.3 Å². The molecule has 30 heavy (non-hydrogen) atoms. The van der Waals surface area contributed by atoms with Crippen molar-refractivity contribution in [2.24, 2.45) is 0 Å². The summed E-state index contributed by atoms with van der Waals surface area (Å²) in [6.45, 7) is 3.80. The fourth-order valence-electron chi connectivity index (χ4n) is 3.13. The van der Waals surface area contributed by atoms with E-state index in [1.807, 2.05) is 0 Å². The molecule has 0 fully saturated rings. The van der Waals surface area contributed by atoms with Gasteiger partial charge in [-0.3, -0.25) is 14.9 Å². The third-order valence-electron chi connectivity index (χ3n) is 4.56. The van der Waals surface area contributed by atoms with Gasteiger partial charge >= 0.3 is 5.97 Å². The molecule has 0 spiro atoms. The highest BCUT2D eigenvalue weighted by Crippen LogP contribution is 2.40. The summed E-state index contributed by atoms with van der Waals surface area (Å²) in [5.41, 5.74) is 0.182. The fraction of sp³-hybridized carbons (Fsp3) is 0.364. The van der Waals surface area contributed by atoms with E-state index in [4.69, 9.17) is 4.74 Å². The topological polar surface area (TPSA) is 119 Å². The predicted octanol–water partition coefficient (Wildman–Crippen LogP) is 5.27. The molecular formula is C22H26N2O6. The van der Waals surface area contributed by atoms with Crippen LogP contribution in [0.1, 0.15) is 56.3 Å². The summed E-state index contributed by atoms with van der Waals surface area (Å²) in [6.07, 6.45) is 5.12. The zero-order valence-electron chi connectivity index (χ0n) is 17.1. The van der Waals surface area contributed by atoms with Crippen LogP contribution in [0.3, 0.4) is 0 Å². The SMILES string of the molecule is CCCCCCCOc1cc([N+](=O)[O-])c(-c2ccccc2C(=O)O)cc1NC(C)=O. The Bertz CT molecular complexity index is 926. The van der Waals surface area contributed by atoms with Gasteiger partial charge in [-0.25, -0.2) is 4.79 Å². The Morgan fingerprint density at radius 3 is 2.43 bits per heavy atom. The van der Waals surface area contributed by atoms with E-state index in [2.05, 4.69) is 12.2 Å². The molecule has 2 aromatic carbocycles. The third-order valence-corrected chi connectivity index (χ3v) is 4.56. The summed E-state index contributed by atoms with van der Waals surface area (Å²) in [7, 11) is 0. The average molecular weight is 414 g/mol. The summed E-state index contributed by atoms with van der Waals surface area (Å²) >= 11 is 0. The van der Waals surface area contributed by atoms with Crippen molar-refractivity contribution in [1.29, 1.82) is 0 Å². The Morgan fingerprint density at radius 1 is 1.10 bits per heavy atom. The van der Waals surface area contributed by atoms with E-state index in [-0.39, 0.29) is 39.7 Å². The van der Waals surface area contributed by atoms with Crippen molar-refractivity contribution in [3.63, 3.8) is 0 Å². The van der Waals surface area contributed by atoms with Gasteiger partial charge in [0, 0.05) is 12.5 Å². The zero-order valence-corrected chi connectivity index (χ0v) is 17.1. The third kappa shape index (κ3) is 6.04. The van der Waals surface area contributed by atoms with Crippen LogP contribution in [0.2, 0.25) is 0 Å². The summed E-state index contributed by atoms with van der Waals surface area (Å²) in [6, 6.07) is 8.66. The molecule has 0 unspecified atom stereocenters. The Kier molecular flexibility index (Phi) is 8.34. The summed E-state index contributed by atoms with van der Waals surface area (Å²) < 4.78 is 5.74. The van der Waals surface area contributed by atoms with E-state index in [9.17, 15) is 24.8 Å². The standard InChI is InChI=1S/C22H26N2O6/c1-3-4-5-6-9-12-30-21-14-20(24(28)29)18(13-19(21)23-15(2)25)16-10-7-8-11-17(16)22(26)27/h7-8,10-11,13-14H,3-6,9,12H2,1-2H3,(H,23,25)(H,26,27). The Hall–Kier alpha value is -3.42. The minimum absolute atomic E-state index is 0.0704. The number of nitro groups is 1. The van der Waals surface area contributed by atoms with E-state index < -0.39 is 10.9 Å². The molecule has 0 aromatic heterocycles. The van der Waals surface area contributed by atoms with Crippen LogP contribution in [0.25, 0.3) is 11.1 Å². The number of carbonyl (C=O) groups is 2. The molecular weight excluding hydrogens is 388 g/mol. The van der Waals surface area contributed by atoms with Crippen LogP contribution >= 0.6 is 0 Å². The second-order valence-electron chi connectivity index (χ2n) is 6.92. The van der Waals surface area contributed by atoms with E-state index in [0.717, 1.165) is 32.1 Å².